The van der Waals surface area contributed by atoms with E-state index in [1.807, 2.05) is 32.0 Å². The van der Waals surface area contributed by atoms with Gasteiger partial charge in [0.1, 0.15) is 6.33 Å². The van der Waals surface area contributed by atoms with Crippen molar-refractivity contribution in [2.45, 2.75) is 13.8 Å². The lowest BCUT2D eigenvalue weighted by Gasteiger charge is -2.13. The molecule has 2 N–H and O–H groups in total. The summed E-state index contributed by atoms with van der Waals surface area (Å²) in [5, 5.41) is 0. The summed E-state index contributed by atoms with van der Waals surface area (Å²) >= 11 is 0. The van der Waals surface area contributed by atoms with E-state index in [0.29, 0.717) is 0 Å². The maximum Gasteiger partial charge on any atom is 0.514 e. The molecule has 1 heterocycles. The molecule has 2 rings (SSSR count). The number of aromatic nitrogens is 2. The Kier molecular flexibility index (Phi) is 3.41. The Morgan fingerprint density at radius 3 is 2.53 bits per heavy atom. The smallest absolute Gasteiger partial charge is 0.437 e. The summed E-state index contributed by atoms with van der Waals surface area (Å²) in [5.41, 5.74) is 8.64. The molecule has 0 fully saturated rings. The van der Waals surface area contributed by atoms with Crippen molar-refractivity contribution >= 4 is 12.0 Å². The summed E-state index contributed by atoms with van der Waals surface area (Å²) in [4.78, 5) is 15.2. The minimum atomic E-state index is -0.834. The molecule has 0 aliphatic rings. The molecular weight excluding hydrogens is 246 g/mol. The number of imidazole rings is 1. The number of carbonyl (C=O) groups is 1. The summed E-state index contributed by atoms with van der Waals surface area (Å²) in [6.45, 7) is 3.92. The predicted octanol–water partition coefficient (Wildman–Crippen LogP) is 2.22. The van der Waals surface area contributed by atoms with E-state index in [1.165, 1.54) is 13.4 Å². The van der Waals surface area contributed by atoms with Crippen molar-refractivity contribution in [2.75, 3.05) is 12.8 Å². The first-order valence-corrected chi connectivity index (χ1v) is 5.69. The lowest BCUT2D eigenvalue weighted by atomic mass is 10.1. The molecule has 0 saturated carbocycles. The van der Waals surface area contributed by atoms with E-state index in [2.05, 4.69) is 9.72 Å². The molecule has 6 heteroatoms. The number of ether oxygens (including phenoxy) is 2. The number of methoxy groups -OCH3 is 1. The van der Waals surface area contributed by atoms with Crippen LogP contribution >= 0.6 is 0 Å². The summed E-state index contributed by atoms with van der Waals surface area (Å²) in [6.07, 6.45) is 0.683. The van der Waals surface area contributed by atoms with Crippen LogP contribution in [-0.2, 0) is 4.74 Å². The zero-order chi connectivity index (χ0) is 14.0. The molecule has 2 aromatic rings. The number of hydrogen-bond donors (Lipinski definition) is 1. The molecule has 0 saturated heterocycles. The largest absolute Gasteiger partial charge is 0.514 e. The molecule has 19 heavy (non-hydrogen) atoms. The summed E-state index contributed by atoms with van der Waals surface area (Å²) in [7, 11) is 1.23. The second-order valence-corrected chi connectivity index (χ2v) is 4.10. The molecule has 0 radical (unpaired) electrons. The molecule has 1 aromatic heterocycles. The van der Waals surface area contributed by atoms with Crippen LogP contribution in [0.5, 0.6) is 5.88 Å². The topological polar surface area (TPSA) is 79.4 Å². The second-order valence-electron chi connectivity index (χ2n) is 4.10. The average molecular weight is 261 g/mol. The predicted molar refractivity (Wildman–Crippen MR) is 70.5 cm³/mol. The Morgan fingerprint density at radius 1 is 1.32 bits per heavy atom. The monoisotopic (exact) mass is 261 g/mol. The minimum absolute atomic E-state index is 0.132. The Labute approximate surface area is 110 Å². The van der Waals surface area contributed by atoms with Gasteiger partial charge in [-0.2, -0.15) is 0 Å². The molecule has 0 atom stereocenters. The SMILES string of the molecule is COC(=O)Oc1c(N)ncn1-c1c(C)cccc1C. The van der Waals surface area contributed by atoms with E-state index in [9.17, 15) is 4.79 Å². The number of para-hydroxylation sites is 1. The number of benzene rings is 1. The average Bonchev–Trinajstić information content (AvgIpc) is 2.71. The molecule has 0 amide bonds. The molecule has 0 spiro atoms. The fourth-order valence-corrected chi connectivity index (χ4v) is 1.92. The number of nitrogens with two attached hydrogens (primary N) is 1. The number of rotatable bonds is 2. The maximum atomic E-state index is 11.2. The van der Waals surface area contributed by atoms with E-state index in [0.717, 1.165) is 16.8 Å². The number of anilines is 1. The third-order valence-corrected chi connectivity index (χ3v) is 2.78. The van der Waals surface area contributed by atoms with Gasteiger partial charge in [0.15, 0.2) is 5.82 Å². The lowest BCUT2D eigenvalue weighted by molar-refractivity contribution is 0.119. The molecule has 0 aliphatic heterocycles. The molecule has 0 aliphatic carbocycles. The van der Waals surface area contributed by atoms with Crippen LogP contribution in [0.15, 0.2) is 24.5 Å². The highest BCUT2D eigenvalue weighted by Gasteiger charge is 2.17. The van der Waals surface area contributed by atoms with Crippen LogP contribution in [0.2, 0.25) is 0 Å². The van der Waals surface area contributed by atoms with Gasteiger partial charge in [-0.25, -0.2) is 9.78 Å². The van der Waals surface area contributed by atoms with Gasteiger partial charge in [-0.1, -0.05) is 18.2 Å². The molecule has 1 aromatic carbocycles. The quantitative estimate of drug-likeness (QED) is 0.838. The fraction of sp³-hybridized carbons (Fsp3) is 0.231. The zero-order valence-corrected chi connectivity index (χ0v) is 11.0. The molecule has 6 nitrogen and oxygen atoms in total. The first-order chi connectivity index (χ1) is 9.04. The molecule has 100 valence electrons. The first kappa shape index (κ1) is 12.9. The Morgan fingerprint density at radius 2 is 1.95 bits per heavy atom. The van der Waals surface area contributed by atoms with Crippen molar-refractivity contribution in [1.82, 2.24) is 9.55 Å². The van der Waals surface area contributed by atoms with Gasteiger partial charge in [-0.15, -0.1) is 0 Å². The highest BCUT2D eigenvalue weighted by Crippen LogP contribution is 2.28. The van der Waals surface area contributed by atoms with Crippen LogP contribution in [0.4, 0.5) is 10.6 Å². The van der Waals surface area contributed by atoms with Gasteiger partial charge >= 0.3 is 6.16 Å². The highest BCUT2D eigenvalue weighted by atomic mass is 16.7. The summed E-state index contributed by atoms with van der Waals surface area (Å²) < 4.78 is 11.2. The Hall–Kier alpha value is -2.50. The van der Waals surface area contributed by atoms with E-state index in [-0.39, 0.29) is 11.7 Å². The highest BCUT2D eigenvalue weighted by molar-refractivity contribution is 5.66. The zero-order valence-electron chi connectivity index (χ0n) is 11.0. The van der Waals surface area contributed by atoms with Crippen molar-refractivity contribution in [3.05, 3.63) is 35.7 Å². The minimum Gasteiger partial charge on any atom is -0.437 e. The summed E-state index contributed by atoms with van der Waals surface area (Å²) in [6, 6.07) is 5.87. The lowest BCUT2D eigenvalue weighted by Crippen LogP contribution is -2.12. The van der Waals surface area contributed by atoms with Gasteiger partial charge in [-0.3, -0.25) is 4.57 Å². The summed E-state index contributed by atoms with van der Waals surface area (Å²) in [5.74, 6) is 0.289. The van der Waals surface area contributed by atoms with E-state index in [4.69, 9.17) is 10.5 Å². The standard InChI is InChI=1S/C13H15N3O3/c1-8-5-4-6-9(2)10(8)16-7-15-11(14)12(16)19-13(17)18-3/h4-7H,14H2,1-3H3. The van der Waals surface area contributed by atoms with Crippen molar-refractivity contribution in [3.63, 3.8) is 0 Å². The first-order valence-electron chi connectivity index (χ1n) is 5.69. The van der Waals surface area contributed by atoms with Gasteiger partial charge in [0.05, 0.1) is 12.8 Å². The number of hydrogen-bond acceptors (Lipinski definition) is 5. The molecule has 0 unspecified atom stereocenters. The van der Waals surface area contributed by atoms with Crippen molar-refractivity contribution < 1.29 is 14.3 Å². The van der Waals surface area contributed by atoms with Crippen molar-refractivity contribution in [1.29, 1.82) is 0 Å². The fourth-order valence-electron chi connectivity index (χ4n) is 1.92. The third-order valence-electron chi connectivity index (χ3n) is 2.78. The van der Waals surface area contributed by atoms with Gasteiger partial charge in [0.2, 0.25) is 0 Å². The van der Waals surface area contributed by atoms with Crippen LogP contribution in [-0.4, -0.2) is 22.8 Å². The maximum absolute atomic E-state index is 11.2. The molecule has 0 bridgehead atoms. The number of nitrogen functional groups attached to an aromatic ring is 1. The number of aryl methyl sites for hydroxylation is 2. The van der Waals surface area contributed by atoms with Gasteiger partial charge in [0.25, 0.3) is 5.88 Å². The Balaban J connectivity index is 2.54. The van der Waals surface area contributed by atoms with Crippen LogP contribution in [0.3, 0.4) is 0 Å². The van der Waals surface area contributed by atoms with Gasteiger partial charge in [-0.05, 0) is 25.0 Å². The normalized spacial score (nSPS) is 10.3. The van der Waals surface area contributed by atoms with E-state index < -0.39 is 6.16 Å². The van der Waals surface area contributed by atoms with Crippen molar-refractivity contribution in [3.8, 4) is 11.6 Å². The van der Waals surface area contributed by atoms with Gasteiger partial charge < -0.3 is 15.2 Å². The second kappa shape index (κ2) is 5.01. The van der Waals surface area contributed by atoms with Crippen LogP contribution in [0.1, 0.15) is 11.1 Å². The molecular formula is C13H15N3O3. The van der Waals surface area contributed by atoms with Crippen LogP contribution in [0.25, 0.3) is 5.69 Å². The van der Waals surface area contributed by atoms with E-state index >= 15 is 0 Å². The van der Waals surface area contributed by atoms with Crippen LogP contribution in [0, 0.1) is 13.8 Å². The van der Waals surface area contributed by atoms with E-state index in [1.54, 1.807) is 4.57 Å². The number of carbonyl (C=O) groups excluding carboxylic acids is 1. The van der Waals surface area contributed by atoms with Crippen LogP contribution < -0.4 is 10.5 Å². The van der Waals surface area contributed by atoms with Crippen molar-refractivity contribution in [2.24, 2.45) is 0 Å². The van der Waals surface area contributed by atoms with Gasteiger partial charge in [0, 0.05) is 0 Å². The Bertz CT molecular complexity index is 599. The number of nitrogens with zero attached hydrogens (tertiary/aromatic N) is 2. The third kappa shape index (κ3) is 2.37.